The monoisotopic (exact) mass is 424 g/mol. The van der Waals surface area contributed by atoms with E-state index in [1.165, 1.54) is 11.1 Å². The van der Waals surface area contributed by atoms with E-state index in [0.29, 0.717) is 37.7 Å². The van der Waals surface area contributed by atoms with Crippen LogP contribution < -0.4 is 0 Å². The molecule has 0 aromatic heterocycles. The predicted octanol–water partition coefficient (Wildman–Crippen LogP) is 4.04. The molecule has 0 aliphatic carbocycles. The van der Waals surface area contributed by atoms with Crippen molar-refractivity contribution in [3.8, 4) is 0 Å². The molecule has 1 saturated heterocycles. The Bertz CT molecular complexity index is 1020. The molecule has 4 rings (SSSR count). The minimum absolute atomic E-state index is 0.0610. The normalized spacial score (nSPS) is 18.8. The molecule has 2 aromatic carbocycles. The average Bonchev–Trinajstić information content (AvgIpc) is 2.80. The summed E-state index contributed by atoms with van der Waals surface area (Å²) in [4.78, 5) is 14.9. The van der Waals surface area contributed by atoms with Crippen LogP contribution in [0.1, 0.15) is 42.1 Å². The van der Waals surface area contributed by atoms with E-state index in [1.54, 1.807) is 28.6 Å². The van der Waals surface area contributed by atoms with E-state index in [9.17, 15) is 13.2 Å². The minimum atomic E-state index is -3.49. The van der Waals surface area contributed by atoms with Crippen LogP contribution in [-0.2, 0) is 10.0 Å². The largest absolute Gasteiger partial charge is 0.335 e. The number of carbonyl (C=O) groups excluding carboxylic acids is 1. The second-order valence-electron chi connectivity index (χ2n) is 8.21. The Hall–Kier alpha value is -2.44. The maximum atomic E-state index is 12.9. The SMILES string of the molecule is CC1CCN(S(=O)(=O)c2ccc(C(=O)N3CC=C(c4ccccc4)CC3)cc2)CC1. The van der Waals surface area contributed by atoms with Gasteiger partial charge in [-0.1, -0.05) is 43.3 Å². The third-order valence-electron chi connectivity index (χ3n) is 6.12. The molecule has 0 bridgehead atoms. The standard InChI is InChI=1S/C24H28N2O3S/c1-19-11-17-26(18-12-19)30(28,29)23-9-7-22(8-10-23)24(27)25-15-13-21(14-16-25)20-5-3-2-4-6-20/h2-10,13,19H,11-12,14-18H2,1H3. The molecule has 0 saturated carbocycles. The van der Waals surface area contributed by atoms with Crippen LogP contribution in [0, 0.1) is 5.92 Å². The zero-order valence-corrected chi connectivity index (χ0v) is 18.1. The van der Waals surface area contributed by atoms with E-state index in [4.69, 9.17) is 0 Å². The van der Waals surface area contributed by atoms with E-state index in [2.05, 4.69) is 25.1 Å². The van der Waals surface area contributed by atoms with Crippen molar-refractivity contribution in [3.63, 3.8) is 0 Å². The second kappa shape index (κ2) is 8.74. The molecule has 0 radical (unpaired) electrons. The van der Waals surface area contributed by atoms with Crippen molar-refractivity contribution in [2.75, 3.05) is 26.2 Å². The lowest BCUT2D eigenvalue weighted by molar-refractivity contribution is 0.0772. The lowest BCUT2D eigenvalue weighted by Crippen LogP contribution is -2.38. The molecule has 2 aliphatic rings. The highest BCUT2D eigenvalue weighted by molar-refractivity contribution is 7.89. The smallest absolute Gasteiger partial charge is 0.254 e. The van der Waals surface area contributed by atoms with Crippen molar-refractivity contribution in [1.82, 2.24) is 9.21 Å². The van der Waals surface area contributed by atoms with Gasteiger partial charge in [0.1, 0.15) is 0 Å². The number of nitrogens with zero attached hydrogens (tertiary/aromatic N) is 2. The molecule has 0 unspecified atom stereocenters. The Morgan fingerprint density at radius 3 is 2.20 bits per heavy atom. The maximum Gasteiger partial charge on any atom is 0.254 e. The number of sulfonamides is 1. The number of carbonyl (C=O) groups is 1. The first-order valence-electron chi connectivity index (χ1n) is 10.6. The van der Waals surface area contributed by atoms with Gasteiger partial charge in [-0.15, -0.1) is 0 Å². The van der Waals surface area contributed by atoms with Crippen molar-refractivity contribution < 1.29 is 13.2 Å². The molecular formula is C24H28N2O3S. The molecule has 2 aromatic rings. The number of hydrogen-bond acceptors (Lipinski definition) is 3. The van der Waals surface area contributed by atoms with Crippen LogP contribution in [0.15, 0.2) is 65.6 Å². The number of benzene rings is 2. The summed E-state index contributed by atoms with van der Waals surface area (Å²) in [6, 6.07) is 16.6. The number of amides is 1. The zero-order chi connectivity index (χ0) is 21.1. The lowest BCUT2D eigenvalue weighted by Gasteiger charge is -2.29. The van der Waals surface area contributed by atoms with E-state index in [0.717, 1.165) is 19.3 Å². The minimum Gasteiger partial charge on any atom is -0.335 e. The van der Waals surface area contributed by atoms with Crippen LogP contribution >= 0.6 is 0 Å². The molecule has 1 fully saturated rings. The Morgan fingerprint density at radius 2 is 1.60 bits per heavy atom. The fourth-order valence-electron chi connectivity index (χ4n) is 4.09. The van der Waals surface area contributed by atoms with Gasteiger partial charge in [-0.25, -0.2) is 8.42 Å². The third kappa shape index (κ3) is 4.35. The van der Waals surface area contributed by atoms with Gasteiger partial charge in [0.2, 0.25) is 10.0 Å². The fourth-order valence-corrected chi connectivity index (χ4v) is 5.56. The van der Waals surface area contributed by atoms with Crippen LogP contribution in [0.25, 0.3) is 5.57 Å². The van der Waals surface area contributed by atoms with Gasteiger partial charge >= 0.3 is 0 Å². The van der Waals surface area contributed by atoms with Crippen LogP contribution in [0.4, 0.5) is 0 Å². The predicted molar refractivity (Wildman–Crippen MR) is 119 cm³/mol. The van der Waals surface area contributed by atoms with Crippen LogP contribution in [0.2, 0.25) is 0 Å². The summed E-state index contributed by atoms with van der Waals surface area (Å²) in [6.07, 6.45) is 4.70. The van der Waals surface area contributed by atoms with Crippen molar-refractivity contribution in [3.05, 3.63) is 71.8 Å². The van der Waals surface area contributed by atoms with Gasteiger partial charge < -0.3 is 4.90 Å². The van der Waals surface area contributed by atoms with E-state index in [1.807, 2.05) is 23.1 Å². The third-order valence-corrected chi connectivity index (χ3v) is 8.04. The quantitative estimate of drug-likeness (QED) is 0.744. The number of piperidine rings is 1. The first-order chi connectivity index (χ1) is 14.4. The van der Waals surface area contributed by atoms with Crippen molar-refractivity contribution in [2.24, 2.45) is 5.92 Å². The van der Waals surface area contributed by atoms with Gasteiger partial charge in [0.15, 0.2) is 0 Å². The highest BCUT2D eigenvalue weighted by Crippen LogP contribution is 2.25. The molecule has 2 heterocycles. The summed E-state index contributed by atoms with van der Waals surface area (Å²) < 4.78 is 27.3. The molecule has 2 aliphatic heterocycles. The van der Waals surface area contributed by atoms with E-state index < -0.39 is 10.0 Å². The Kier molecular flexibility index (Phi) is 6.06. The first-order valence-corrected chi connectivity index (χ1v) is 12.0. The summed E-state index contributed by atoms with van der Waals surface area (Å²) in [6.45, 7) is 4.51. The van der Waals surface area contributed by atoms with E-state index in [-0.39, 0.29) is 10.8 Å². The highest BCUT2D eigenvalue weighted by Gasteiger charge is 2.28. The lowest BCUT2D eigenvalue weighted by atomic mass is 9.99. The van der Waals surface area contributed by atoms with Gasteiger partial charge in [-0.2, -0.15) is 4.31 Å². The summed E-state index contributed by atoms with van der Waals surface area (Å²) in [5.41, 5.74) is 2.99. The van der Waals surface area contributed by atoms with Gasteiger partial charge in [-0.3, -0.25) is 4.79 Å². The Labute approximate surface area is 179 Å². The van der Waals surface area contributed by atoms with E-state index >= 15 is 0 Å². The molecule has 0 spiro atoms. The van der Waals surface area contributed by atoms with Crippen LogP contribution in [0.3, 0.4) is 0 Å². The molecule has 30 heavy (non-hydrogen) atoms. The van der Waals surface area contributed by atoms with Crippen molar-refractivity contribution >= 4 is 21.5 Å². The summed E-state index contributed by atoms with van der Waals surface area (Å²) in [7, 11) is -3.49. The summed E-state index contributed by atoms with van der Waals surface area (Å²) in [5, 5.41) is 0. The molecular weight excluding hydrogens is 396 g/mol. The molecule has 0 N–H and O–H groups in total. The number of hydrogen-bond donors (Lipinski definition) is 0. The molecule has 158 valence electrons. The fraction of sp³-hybridized carbons (Fsp3) is 0.375. The number of rotatable bonds is 4. The average molecular weight is 425 g/mol. The van der Waals surface area contributed by atoms with Crippen LogP contribution in [-0.4, -0.2) is 49.7 Å². The summed E-state index contributed by atoms with van der Waals surface area (Å²) in [5.74, 6) is 0.506. The van der Waals surface area contributed by atoms with Gasteiger partial charge in [0, 0.05) is 31.7 Å². The highest BCUT2D eigenvalue weighted by atomic mass is 32.2. The van der Waals surface area contributed by atoms with Crippen LogP contribution in [0.5, 0.6) is 0 Å². The van der Waals surface area contributed by atoms with Crippen molar-refractivity contribution in [1.29, 1.82) is 0 Å². The maximum absolute atomic E-state index is 12.9. The molecule has 0 atom stereocenters. The van der Waals surface area contributed by atoms with Gasteiger partial charge in [0.25, 0.3) is 5.91 Å². The first kappa shape index (κ1) is 20.8. The second-order valence-corrected chi connectivity index (χ2v) is 10.1. The Balaban J connectivity index is 1.43. The zero-order valence-electron chi connectivity index (χ0n) is 17.3. The molecule has 6 heteroatoms. The van der Waals surface area contributed by atoms with Gasteiger partial charge in [0.05, 0.1) is 4.90 Å². The molecule has 1 amide bonds. The van der Waals surface area contributed by atoms with Gasteiger partial charge in [-0.05, 0) is 60.6 Å². The molecule has 5 nitrogen and oxygen atoms in total. The topological polar surface area (TPSA) is 57.7 Å². The van der Waals surface area contributed by atoms with Crippen molar-refractivity contribution in [2.45, 2.75) is 31.1 Å². The Morgan fingerprint density at radius 1 is 0.933 bits per heavy atom. The summed E-state index contributed by atoms with van der Waals surface area (Å²) >= 11 is 0.